The third kappa shape index (κ3) is 4.36. The lowest BCUT2D eigenvalue weighted by molar-refractivity contribution is -0.117. The van der Waals surface area contributed by atoms with Gasteiger partial charge in [-0.1, -0.05) is 48.2 Å². The number of rotatable bonds is 6. The van der Waals surface area contributed by atoms with Crippen molar-refractivity contribution in [2.45, 2.75) is 24.3 Å². The summed E-state index contributed by atoms with van der Waals surface area (Å²) in [7, 11) is 1.79. The van der Waals surface area contributed by atoms with Crippen molar-refractivity contribution >= 4 is 23.4 Å². The van der Waals surface area contributed by atoms with Crippen molar-refractivity contribution in [3.05, 3.63) is 84.7 Å². The van der Waals surface area contributed by atoms with E-state index in [1.54, 1.807) is 24.3 Å². The molecule has 4 aromatic rings. The SMILES string of the molecule is Cc1ccccc1-n1c(S[C@H](C)C(=O)N(C)c2ccccc2)nnc1-c1cccnc1. The van der Waals surface area contributed by atoms with Crippen LogP contribution in [0, 0.1) is 6.92 Å². The topological polar surface area (TPSA) is 63.9 Å². The van der Waals surface area contributed by atoms with E-state index >= 15 is 0 Å². The lowest BCUT2D eigenvalue weighted by Crippen LogP contribution is -2.33. The number of hydrogen-bond acceptors (Lipinski definition) is 5. The quantitative estimate of drug-likeness (QED) is 0.413. The van der Waals surface area contributed by atoms with Crippen LogP contribution in [0.4, 0.5) is 5.69 Å². The number of pyridine rings is 1. The van der Waals surface area contributed by atoms with E-state index in [9.17, 15) is 4.79 Å². The number of nitrogens with zero attached hydrogens (tertiary/aromatic N) is 5. The molecule has 6 nitrogen and oxygen atoms in total. The number of amides is 1. The van der Waals surface area contributed by atoms with Gasteiger partial charge in [-0.3, -0.25) is 14.3 Å². The zero-order valence-electron chi connectivity index (χ0n) is 17.6. The van der Waals surface area contributed by atoms with Crippen molar-refractivity contribution in [1.29, 1.82) is 0 Å². The van der Waals surface area contributed by atoms with Crippen molar-refractivity contribution in [3.8, 4) is 17.1 Å². The molecule has 4 rings (SSSR count). The van der Waals surface area contributed by atoms with Crippen molar-refractivity contribution < 1.29 is 4.79 Å². The first-order valence-electron chi connectivity index (χ1n) is 9.97. The Morgan fingerprint density at radius 3 is 2.45 bits per heavy atom. The summed E-state index contributed by atoms with van der Waals surface area (Å²) in [4.78, 5) is 19.0. The van der Waals surface area contributed by atoms with E-state index < -0.39 is 0 Å². The van der Waals surface area contributed by atoms with Gasteiger partial charge in [0.1, 0.15) is 0 Å². The van der Waals surface area contributed by atoms with Gasteiger partial charge in [0.05, 0.1) is 10.9 Å². The van der Waals surface area contributed by atoms with Gasteiger partial charge >= 0.3 is 0 Å². The maximum Gasteiger partial charge on any atom is 0.240 e. The summed E-state index contributed by atoms with van der Waals surface area (Å²) in [6.07, 6.45) is 3.50. The van der Waals surface area contributed by atoms with Gasteiger partial charge in [0.25, 0.3) is 0 Å². The second kappa shape index (κ2) is 9.14. The van der Waals surface area contributed by atoms with Gasteiger partial charge in [0, 0.05) is 30.7 Å². The highest BCUT2D eigenvalue weighted by molar-refractivity contribution is 8.00. The Hall–Kier alpha value is -3.45. The van der Waals surface area contributed by atoms with Crippen LogP contribution < -0.4 is 4.90 Å². The molecular weight excluding hydrogens is 406 g/mol. The Balaban J connectivity index is 1.69. The van der Waals surface area contributed by atoms with E-state index in [-0.39, 0.29) is 11.2 Å². The largest absolute Gasteiger partial charge is 0.315 e. The predicted molar refractivity (Wildman–Crippen MR) is 124 cm³/mol. The minimum atomic E-state index is -0.348. The average molecular weight is 430 g/mol. The lowest BCUT2D eigenvalue weighted by atomic mass is 10.2. The zero-order chi connectivity index (χ0) is 21.8. The summed E-state index contributed by atoms with van der Waals surface area (Å²) in [5.74, 6) is 0.694. The van der Waals surface area contributed by atoms with Crippen LogP contribution in [0.2, 0.25) is 0 Å². The average Bonchev–Trinajstić information content (AvgIpc) is 3.22. The third-order valence-electron chi connectivity index (χ3n) is 5.01. The summed E-state index contributed by atoms with van der Waals surface area (Å²) in [6.45, 7) is 3.95. The molecule has 0 bridgehead atoms. The number of thioether (sulfide) groups is 1. The Morgan fingerprint density at radius 2 is 1.74 bits per heavy atom. The molecule has 0 saturated carbocycles. The molecule has 0 radical (unpaired) electrons. The second-order valence-corrected chi connectivity index (χ2v) is 8.47. The highest BCUT2D eigenvalue weighted by atomic mass is 32.2. The van der Waals surface area contributed by atoms with E-state index in [1.165, 1.54) is 11.8 Å². The molecule has 31 heavy (non-hydrogen) atoms. The maximum atomic E-state index is 13.1. The molecule has 2 heterocycles. The van der Waals surface area contributed by atoms with Gasteiger partial charge in [-0.15, -0.1) is 10.2 Å². The molecule has 0 N–H and O–H groups in total. The fourth-order valence-corrected chi connectivity index (χ4v) is 4.27. The van der Waals surface area contributed by atoms with Gasteiger partial charge < -0.3 is 4.90 Å². The normalized spacial score (nSPS) is 11.8. The van der Waals surface area contributed by atoms with E-state index in [0.29, 0.717) is 11.0 Å². The summed E-state index contributed by atoms with van der Waals surface area (Å²) in [6, 6.07) is 21.5. The molecule has 1 amide bonds. The Kier molecular flexibility index (Phi) is 6.13. The number of aryl methyl sites for hydroxylation is 1. The highest BCUT2D eigenvalue weighted by Crippen LogP contribution is 2.32. The van der Waals surface area contributed by atoms with Crippen molar-refractivity contribution in [2.75, 3.05) is 11.9 Å². The smallest absolute Gasteiger partial charge is 0.240 e. The maximum absolute atomic E-state index is 13.1. The molecule has 0 unspecified atom stereocenters. The minimum absolute atomic E-state index is 0.00142. The molecule has 0 fully saturated rings. The van der Waals surface area contributed by atoms with Gasteiger partial charge in [0.2, 0.25) is 5.91 Å². The van der Waals surface area contributed by atoms with Crippen LogP contribution in [0.5, 0.6) is 0 Å². The van der Waals surface area contributed by atoms with Crippen LogP contribution in [0.25, 0.3) is 17.1 Å². The second-order valence-electron chi connectivity index (χ2n) is 7.16. The molecule has 7 heteroatoms. The van der Waals surface area contributed by atoms with E-state index in [1.807, 2.05) is 72.2 Å². The van der Waals surface area contributed by atoms with Crippen molar-refractivity contribution in [1.82, 2.24) is 19.7 Å². The van der Waals surface area contributed by atoms with E-state index in [2.05, 4.69) is 28.2 Å². The van der Waals surface area contributed by atoms with Crippen LogP contribution in [0.3, 0.4) is 0 Å². The standard InChI is InChI=1S/C24H23N5OS/c1-17-10-7-8-14-21(17)29-22(19-11-9-15-25-16-19)26-27-24(29)31-18(2)23(30)28(3)20-12-5-4-6-13-20/h4-16,18H,1-3H3/t18-/m1/s1. The highest BCUT2D eigenvalue weighted by Gasteiger charge is 2.25. The number of aromatic nitrogens is 4. The first kappa shape index (κ1) is 20.8. The summed E-state index contributed by atoms with van der Waals surface area (Å²) >= 11 is 1.40. The first-order chi connectivity index (χ1) is 15.1. The van der Waals surface area contributed by atoms with Gasteiger partial charge in [0.15, 0.2) is 11.0 Å². The Labute approximate surface area is 186 Å². The fourth-order valence-electron chi connectivity index (χ4n) is 3.32. The van der Waals surface area contributed by atoms with Crippen LogP contribution in [0.1, 0.15) is 12.5 Å². The minimum Gasteiger partial charge on any atom is -0.315 e. The predicted octanol–water partition coefficient (Wildman–Crippen LogP) is 4.78. The van der Waals surface area contributed by atoms with Gasteiger partial charge in [-0.2, -0.15) is 0 Å². The van der Waals surface area contributed by atoms with Crippen LogP contribution in [0.15, 0.2) is 84.3 Å². The molecule has 0 aliphatic rings. The molecule has 0 spiro atoms. The summed E-state index contributed by atoms with van der Waals surface area (Å²) in [5.41, 5.74) is 3.79. The number of para-hydroxylation sites is 2. The molecule has 0 aliphatic carbocycles. The fraction of sp³-hybridized carbons (Fsp3) is 0.167. The molecule has 0 saturated heterocycles. The number of anilines is 1. The number of benzene rings is 2. The van der Waals surface area contributed by atoms with Gasteiger partial charge in [-0.05, 0) is 49.7 Å². The van der Waals surface area contributed by atoms with Crippen molar-refractivity contribution in [2.24, 2.45) is 0 Å². The monoisotopic (exact) mass is 429 g/mol. The first-order valence-corrected chi connectivity index (χ1v) is 10.9. The molecular formula is C24H23N5OS. The molecule has 156 valence electrons. The third-order valence-corrected chi connectivity index (χ3v) is 6.04. The number of hydrogen-bond donors (Lipinski definition) is 0. The lowest BCUT2D eigenvalue weighted by Gasteiger charge is -2.21. The summed E-state index contributed by atoms with van der Waals surface area (Å²) in [5, 5.41) is 9.20. The summed E-state index contributed by atoms with van der Waals surface area (Å²) < 4.78 is 2.00. The molecule has 2 aromatic carbocycles. The molecule has 0 aliphatic heterocycles. The molecule has 2 aromatic heterocycles. The van der Waals surface area contributed by atoms with Crippen LogP contribution >= 0.6 is 11.8 Å². The van der Waals surface area contributed by atoms with E-state index in [0.717, 1.165) is 22.5 Å². The van der Waals surface area contributed by atoms with Gasteiger partial charge in [-0.25, -0.2) is 0 Å². The Bertz CT molecular complexity index is 1180. The van der Waals surface area contributed by atoms with E-state index in [4.69, 9.17) is 0 Å². The molecule has 1 atom stereocenters. The van der Waals surface area contributed by atoms with Crippen LogP contribution in [-0.4, -0.2) is 38.0 Å². The zero-order valence-corrected chi connectivity index (χ0v) is 18.5. The van der Waals surface area contributed by atoms with Crippen molar-refractivity contribution in [3.63, 3.8) is 0 Å². The Morgan fingerprint density at radius 1 is 1.00 bits per heavy atom. The number of carbonyl (C=O) groups is 1. The van der Waals surface area contributed by atoms with Crippen LogP contribution in [-0.2, 0) is 4.79 Å². The number of carbonyl (C=O) groups excluding carboxylic acids is 1.